The molecule has 0 heterocycles. The summed E-state index contributed by atoms with van der Waals surface area (Å²) in [5.41, 5.74) is -3.79. The summed E-state index contributed by atoms with van der Waals surface area (Å²) in [6.45, 7) is 11.4. The smallest absolute Gasteiger partial charge is 0.227 e. The third-order valence-electron chi connectivity index (χ3n) is 5.82. The van der Waals surface area contributed by atoms with E-state index in [0.717, 1.165) is 0 Å². The number of hydrogen-bond donors (Lipinski definition) is 0. The molecule has 0 aliphatic carbocycles. The van der Waals surface area contributed by atoms with Gasteiger partial charge in [-0.15, -0.1) is 19.7 Å². The van der Waals surface area contributed by atoms with Crippen molar-refractivity contribution in [2.24, 2.45) is 0 Å². The lowest BCUT2D eigenvalue weighted by Gasteiger charge is -2.50. The number of methoxy groups -OCH3 is 2. The Balaban J connectivity index is 5.01. The van der Waals surface area contributed by atoms with E-state index in [1.807, 2.05) is 0 Å². The molecule has 0 saturated carbocycles. The maximum atomic E-state index is 6.75. The Kier molecular flexibility index (Phi) is 13.7. The lowest BCUT2D eigenvalue weighted by molar-refractivity contribution is -0.0164. The van der Waals surface area contributed by atoms with Crippen LogP contribution >= 0.6 is 139 Å². The first-order valence-electron chi connectivity index (χ1n) is 10.3. The minimum absolute atomic E-state index is 0.00466. The van der Waals surface area contributed by atoms with Crippen LogP contribution in [0.25, 0.3) is 0 Å². The summed E-state index contributed by atoms with van der Waals surface area (Å²) >= 11 is 78.1. The fraction of sp³-hybridized carbons (Fsp3) is 0.478. The first kappa shape index (κ1) is 37.9. The lowest BCUT2D eigenvalue weighted by Crippen LogP contribution is -2.57. The average Bonchev–Trinajstić information content (AvgIpc) is 2.72. The quantitative estimate of drug-likeness (QED) is 0.134. The molecule has 2 radical (unpaired) electrons. The van der Waals surface area contributed by atoms with Gasteiger partial charge < -0.3 is 9.47 Å². The Bertz CT molecular complexity index is 946. The molecule has 1 rings (SSSR count). The predicted octanol–water partition coefficient (Wildman–Crippen LogP) is 9.83. The van der Waals surface area contributed by atoms with E-state index >= 15 is 0 Å². The molecule has 38 heavy (non-hydrogen) atoms. The van der Waals surface area contributed by atoms with Gasteiger partial charge in [0, 0.05) is 14.2 Å². The molecule has 0 amide bonds. The Morgan fingerprint density at radius 2 is 0.789 bits per heavy atom. The van der Waals surface area contributed by atoms with Gasteiger partial charge in [-0.05, 0) is 47.1 Å². The van der Waals surface area contributed by atoms with Crippen LogP contribution in [-0.2, 0) is 39.9 Å². The lowest BCUT2D eigenvalue weighted by atomic mass is 9.69. The summed E-state index contributed by atoms with van der Waals surface area (Å²) in [5.74, 6) is 0. The highest BCUT2D eigenvalue weighted by atomic mass is 35.6. The predicted molar refractivity (Wildman–Crippen MR) is 172 cm³/mol. The molecular weight excluding hydrogens is 744 g/mol. The Morgan fingerprint density at radius 3 is 0.974 bits per heavy atom. The van der Waals surface area contributed by atoms with Crippen molar-refractivity contribution < 1.29 is 9.47 Å². The molecule has 0 bridgehead atoms. The highest BCUT2D eigenvalue weighted by molar-refractivity contribution is 6.74. The summed E-state index contributed by atoms with van der Waals surface area (Å²) < 4.78 is 1.77. The minimum atomic E-state index is -2.45. The van der Waals surface area contributed by atoms with Crippen LogP contribution in [0.1, 0.15) is 27.8 Å². The van der Waals surface area contributed by atoms with Gasteiger partial charge in [0.15, 0.2) is 11.2 Å². The molecule has 0 atom stereocenters. The first-order chi connectivity index (χ1) is 17.1. The van der Waals surface area contributed by atoms with Crippen LogP contribution in [-0.4, -0.2) is 37.2 Å². The van der Waals surface area contributed by atoms with Gasteiger partial charge in [0.1, 0.15) is 7.85 Å². The van der Waals surface area contributed by atoms with Crippen molar-refractivity contribution >= 4 is 153 Å². The first-order valence-corrected chi connectivity index (χ1v) is 14.8. The van der Waals surface area contributed by atoms with Gasteiger partial charge in [-0.1, -0.05) is 163 Å². The van der Waals surface area contributed by atoms with E-state index in [0.29, 0.717) is 11.1 Å². The van der Waals surface area contributed by atoms with Gasteiger partial charge in [-0.2, -0.15) is 0 Å². The molecular formula is C23H21BCl12O2. The normalized spacial score (nSPS) is 13.9. The van der Waals surface area contributed by atoms with Crippen LogP contribution in [0, 0.1) is 0 Å². The molecule has 15 heteroatoms. The summed E-state index contributed by atoms with van der Waals surface area (Å²) in [6, 6.07) is 0. The molecule has 1 aromatic carbocycles. The van der Waals surface area contributed by atoms with E-state index in [2.05, 4.69) is 19.7 Å². The Morgan fingerprint density at radius 1 is 0.553 bits per heavy atom. The zero-order chi connectivity index (χ0) is 30.1. The average molecular weight is 766 g/mol. The fourth-order valence-corrected chi connectivity index (χ4v) is 9.04. The van der Waals surface area contributed by atoms with Gasteiger partial charge in [0.25, 0.3) is 0 Å². The molecule has 0 aliphatic heterocycles. The maximum Gasteiger partial charge on any atom is 0.227 e. The number of rotatable bonds is 10. The Labute approximate surface area is 285 Å². The number of ether oxygens (including phenoxy) is 2. The molecule has 212 valence electrons. The second-order valence-corrected chi connectivity index (χ2v) is 17.0. The van der Waals surface area contributed by atoms with E-state index in [1.165, 1.54) is 32.4 Å². The van der Waals surface area contributed by atoms with Gasteiger partial charge in [-0.3, -0.25) is 0 Å². The summed E-state index contributed by atoms with van der Waals surface area (Å²) in [5, 5.41) is 0. The number of halogens is 12. The van der Waals surface area contributed by atoms with E-state index in [-0.39, 0.29) is 41.4 Å². The van der Waals surface area contributed by atoms with E-state index < -0.39 is 26.4 Å². The largest absolute Gasteiger partial charge is 0.365 e. The molecule has 0 saturated heterocycles. The van der Waals surface area contributed by atoms with Crippen LogP contribution in [0.2, 0.25) is 0 Å². The van der Waals surface area contributed by atoms with E-state index in [9.17, 15) is 0 Å². The summed E-state index contributed by atoms with van der Waals surface area (Å²) in [4.78, 5) is 0. The van der Waals surface area contributed by atoms with E-state index in [4.69, 9.17) is 157 Å². The van der Waals surface area contributed by atoms with Crippen molar-refractivity contribution in [1.82, 2.24) is 0 Å². The van der Waals surface area contributed by atoms with Gasteiger partial charge in [-0.25, -0.2) is 0 Å². The molecule has 0 aliphatic rings. The molecule has 1 aromatic rings. The van der Waals surface area contributed by atoms with Gasteiger partial charge >= 0.3 is 0 Å². The SMILES string of the molecule is [B]c1c(CC=C)c(C(OC)(C(Cl)(Cl)Cl)C(Cl)(Cl)Cl)c(CC=C)c(C(OC)(C(Cl)(Cl)Cl)C(Cl)(Cl)Cl)c1CC=C. The molecule has 0 unspecified atom stereocenters. The highest BCUT2D eigenvalue weighted by Crippen LogP contribution is 2.64. The van der Waals surface area contributed by atoms with Crippen molar-refractivity contribution in [2.45, 2.75) is 45.6 Å². The topological polar surface area (TPSA) is 18.5 Å². The summed E-state index contributed by atoms with van der Waals surface area (Å²) in [6.07, 6.45) is 4.69. The number of allylic oxidation sites excluding steroid dienone is 3. The van der Waals surface area contributed by atoms with Crippen molar-refractivity contribution in [3.8, 4) is 0 Å². The zero-order valence-electron chi connectivity index (χ0n) is 19.9. The van der Waals surface area contributed by atoms with Crippen molar-refractivity contribution in [3.05, 3.63) is 65.8 Å². The third-order valence-corrected chi connectivity index (χ3v) is 9.01. The number of benzene rings is 1. The molecule has 0 fully saturated rings. The van der Waals surface area contributed by atoms with Crippen LogP contribution < -0.4 is 5.46 Å². The van der Waals surface area contributed by atoms with Crippen molar-refractivity contribution in [3.63, 3.8) is 0 Å². The third kappa shape index (κ3) is 6.53. The number of alkyl halides is 12. The van der Waals surface area contributed by atoms with E-state index in [1.54, 1.807) is 0 Å². The van der Waals surface area contributed by atoms with Crippen LogP contribution in [0.3, 0.4) is 0 Å². The summed E-state index contributed by atoms with van der Waals surface area (Å²) in [7, 11) is 9.11. The van der Waals surface area contributed by atoms with Crippen molar-refractivity contribution in [1.29, 1.82) is 0 Å². The second-order valence-electron chi connectivity index (χ2n) is 7.84. The molecule has 2 nitrogen and oxygen atoms in total. The monoisotopic (exact) mass is 760 g/mol. The maximum absolute atomic E-state index is 6.75. The van der Waals surface area contributed by atoms with Gasteiger partial charge in [0.2, 0.25) is 15.2 Å². The van der Waals surface area contributed by atoms with Crippen LogP contribution in [0.15, 0.2) is 38.0 Å². The van der Waals surface area contributed by atoms with Crippen LogP contribution in [0.4, 0.5) is 0 Å². The molecule has 0 aromatic heterocycles. The second kappa shape index (κ2) is 13.7. The molecule has 0 N–H and O–H groups in total. The highest BCUT2D eigenvalue weighted by Gasteiger charge is 2.68. The standard InChI is InChI=1S/C23H21BCl12O2/c1-6-9-12-15(18(37-4,20(25,26)27)21(28,29)30)13(10-7-2)17(24)14(11-8-3)16(12)19(38-5,22(31,32)33)23(34,35)36/h6-8H,1-3,9-11H2,4-5H3. The van der Waals surface area contributed by atoms with Gasteiger partial charge in [0.05, 0.1) is 0 Å². The molecule has 0 spiro atoms. The minimum Gasteiger partial charge on any atom is -0.365 e. The fourth-order valence-electron chi connectivity index (χ4n) is 4.41. The Hall–Kier alpha value is 1.90. The van der Waals surface area contributed by atoms with Crippen molar-refractivity contribution in [2.75, 3.05) is 14.2 Å². The zero-order valence-corrected chi connectivity index (χ0v) is 29.0. The number of hydrogen-bond acceptors (Lipinski definition) is 2. The van der Waals surface area contributed by atoms with Crippen LogP contribution in [0.5, 0.6) is 0 Å².